The van der Waals surface area contributed by atoms with Crippen molar-refractivity contribution in [1.29, 1.82) is 0 Å². The molecule has 1 aromatic rings. The Balaban J connectivity index is 1.76. The lowest BCUT2D eigenvalue weighted by molar-refractivity contribution is -0.116. The molecule has 8 nitrogen and oxygen atoms in total. The molecule has 1 fully saturated rings. The molecule has 2 aliphatic rings. The Kier molecular flexibility index (Phi) is 4.96. The molecule has 0 aliphatic carbocycles. The van der Waals surface area contributed by atoms with Crippen LogP contribution in [0.4, 0.5) is 5.69 Å². The summed E-state index contributed by atoms with van der Waals surface area (Å²) in [6.07, 6.45) is 2.04. The van der Waals surface area contributed by atoms with E-state index in [1.807, 2.05) is 0 Å². The van der Waals surface area contributed by atoms with Gasteiger partial charge in [0.15, 0.2) is 0 Å². The predicted molar refractivity (Wildman–Crippen MR) is 92.1 cm³/mol. The average molecular weight is 367 g/mol. The number of nitrogens with one attached hydrogen (secondary N) is 1. The van der Waals surface area contributed by atoms with Gasteiger partial charge < -0.3 is 15.0 Å². The number of hydrogen-bond donors (Lipinski definition) is 1. The molecule has 0 radical (unpaired) electrons. The third kappa shape index (κ3) is 4.10. The SMILES string of the molecule is CS(=O)(=O)N1CCCN(C(=O)c2ccc3c(c2)NC(=O)CCO3)CC1. The first kappa shape index (κ1) is 17.7. The summed E-state index contributed by atoms with van der Waals surface area (Å²) in [6.45, 7) is 1.84. The molecular formula is C16H21N3O5S. The van der Waals surface area contributed by atoms with Crippen LogP contribution in [0.3, 0.4) is 0 Å². The Morgan fingerprint density at radius 1 is 1.20 bits per heavy atom. The van der Waals surface area contributed by atoms with Crippen molar-refractivity contribution in [3.05, 3.63) is 23.8 Å². The van der Waals surface area contributed by atoms with Gasteiger partial charge in [0.1, 0.15) is 5.75 Å². The number of hydrogen-bond acceptors (Lipinski definition) is 5. The quantitative estimate of drug-likeness (QED) is 0.822. The van der Waals surface area contributed by atoms with Crippen molar-refractivity contribution in [3.63, 3.8) is 0 Å². The van der Waals surface area contributed by atoms with Crippen LogP contribution in [0.5, 0.6) is 5.75 Å². The molecule has 25 heavy (non-hydrogen) atoms. The highest BCUT2D eigenvalue weighted by atomic mass is 32.2. The van der Waals surface area contributed by atoms with Gasteiger partial charge in [-0.3, -0.25) is 9.59 Å². The van der Waals surface area contributed by atoms with Crippen molar-refractivity contribution in [3.8, 4) is 5.75 Å². The van der Waals surface area contributed by atoms with Crippen LogP contribution < -0.4 is 10.1 Å². The lowest BCUT2D eigenvalue weighted by Crippen LogP contribution is -2.37. The van der Waals surface area contributed by atoms with E-state index in [2.05, 4.69) is 5.32 Å². The van der Waals surface area contributed by atoms with Gasteiger partial charge in [-0.1, -0.05) is 0 Å². The molecule has 0 saturated carbocycles. The van der Waals surface area contributed by atoms with Gasteiger partial charge in [-0.2, -0.15) is 0 Å². The number of benzene rings is 1. The molecule has 136 valence electrons. The number of carbonyl (C=O) groups is 2. The van der Waals surface area contributed by atoms with E-state index < -0.39 is 10.0 Å². The lowest BCUT2D eigenvalue weighted by atomic mass is 10.1. The standard InChI is InChI=1S/C16H21N3O5S/c1-25(22,23)19-7-2-6-18(8-9-19)16(21)12-3-4-14-13(11-12)17-15(20)5-10-24-14/h3-4,11H,2,5-10H2,1H3,(H,17,20). The Hall–Kier alpha value is -2.13. The van der Waals surface area contributed by atoms with Crippen LogP contribution in [0.25, 0.3) is 0 Å². The maximum atomic E-state index is 12.8. The minimum atomic E-state index is -3.25. The van der Waals surface area contributed by atoms with Crippen LogP contribution in [-0.2, 0) is 14.8 Å². The molecule has 2 heterocycles. The molecule has 1 aromatic carbocycles. The van der Waals surface area contributed by atoms with Crippen molar-refractivity contribution < 1.29 is 22.7 Å². The summed E-state index contributed by atoms with van der Waals surface area (Å²) in [5.41, 5.74) is 0.929. The Morgan fingerprint density at radius 2 is 2.00 bits per heavy atom. The van der Waals surface area contributed by atoms with Gasteiger partial charge in [0.25, 0.3) is 5.91 Å². The maximum absolute atomic E-state index is 12.8. The zero-order chi connectivity index (χ0) is 18.0. The summed E-state index contributed by atoms with van der Waals surface area (Å²) in [4.78, 5) is 26.1. The molecule has 9 heteroatoms. The smallest absolute Gasteiger partial charge is 0.253 e. The lowest BCUT2D eigenvalue weighted by Gasteiger charge is -2.21. The van der Waals surface area contributed by atoms with Gasteiger partial charge in [0, 0.05) is 31.7 Å². The molecule has 1 N–H and O–H groups in total. The number of amides is 2. The average Bonchev–Trinajstić information content (AvgIpc) is 2.90. The summed E-state index contributed by atoms with van der Waals surface area (Å²) < 4.78 is 30.2. The molecule has 3 rings (SSSR count). The van der Waals surface area contributed by atoms with E-state index in [0.29, 0.717) is 49.7 Å². The Labute approximate surface area is 146 Å². The van der Waals surface area contributed by atoms with E-state index in [9.17, 15) is 18.0 Å². The first-order valence-corrected chi connectivity index (χ1v) is 10.0. The van der Waals surface area contributed by atoms with Crippen molar-refractivity contribution >= 4 is 27.5 Å². The molecule has 2 amide bonds. The van der Waals surface area contributed by atoms with Crippen LogP contribution >= 0.6 is 0 Å². The highest BCUT2D eigenvalue weighted by Crippen LogP contribution is 2.28. The minimum Gasteiger partial charge on any atom is -0.491 e. The summed E-state index contributed by atoms with van der Waals surface area (Å²) in [5, 5.41) is 2.74. The number of carbonyl (C=O) groups excluding carboxylic acids is 2. The van der Waals surface area contributed by atoms with Gasteiger partial charge in [-0.25, -0.2) is 12.7 Å². The zero-order valence-electron chi connectivity index (χ0n) is 14.0. The number of sulfonamides is 1. The van der Waals surface area contributed by atoms with E-state index in [1.165, 1.54) is 10.6 Å². The molecule has 2 aliphatic heterocycles. The predicted octanol–water partition coefficient (Wildman–Crippen LogP) is 0.515. The van der Waals surface area contributed by atoms with Crippen LogP contribution in [-0.4, -0.2) is 68.5 Å². The van der Waals surface area contributed by atoms with E-state index in [4.69, 9.17) is 4.74 Å². The van der Waals surface area contributed by atoms with Crippen molar-refractivity contribution in [1.82, 2.24) is 9.21 Å². The number of ether oxygens (including phenoxy) is 1. The zero-order valence-corrected chi connectivity index (χ0v) is 14.8. The summed E-state index contributed by atoms with van der Waals surface area (Å²) in [6, 6.07) is 4.95. The molecule has 0 atom stereocenters. The van der Waals surface area contributed by atoms with E-state index in [1.54, 1.807) is 23.1 Å². The van der Waals surface area contributed by atoms with Gasteiger partial charge in [-0.15, -0.1) is 0 Å². The topological polar surface area (TPSA) is 96.0 Å². The summed E-state index contributed by atoms with van der Waals surface area (Å²) >= 11 is 0. The number of rotatable bonds is 2. The van der Waals surface area contributed by atoms with Gasteiger partial charge in [-0.05, 0) is 24.6 Å². The van der Waals surface area contributed by atoms with Crippen LogP contribution in [0, 0.1) is 0 Å². The fourth-order valence-corrected chi connectivity index (χ4v) is 3.84. The van der Waals surface area contributed by atoms with Crippen LogP contribution in [0.2, 0.25) is 0 Å². The Bertz CT molecular complexity index is 793. The highest BCUT2D eigenvalue weighted by molar-refractivity contribution is 7.88. The fourth-order valence-electron chi connectivity index (χ4n) is 2.96. The van der Waals surface area contributed by atoms with Crippen molar-refractivity contribution in [2.75, 3.05) is 44.4 Å². The van der Waals surface area contributed by atoms with Crippen molar-refractivity contribution in [2.24, 2.45) is 0 Å². The first-order valence-electron chi connectivity index (χ1n) is 8.16. The van der Waals surface area contributed by atoms with Crippen LogP contribution in [0.15, 0.2) is 18.2 Å². The second kappa shape index (κ2) is 7.01. The molecule has 1 saturated heterocycles. The molecule has 0 bridgehead atoms. The second-order valence-corrected chi connectivity index (χ2v) is 8.15. The molecule has 0 aromatic heterocycles. The van der Waals surface area contributed by atoms with E-state index in [0.717, 1.165) is 0 Å². The number of nitrogens with zero attached hydrogens (tertiary/aromatic N) is 2. The fraction of sp³-hybridized carbons (Fsp3) is 0.500. The highest BCUT2D eigenvalue weighted by Gasteiger charge is 2.25. The van der Waals surface area contributed by atoms with Crippen LogP contribution in [0.1, 0.15) is 23.2 Å². The summed E-state index contributed by atoms with van der Waals surface area (Å²) in [5.74, 6) is 0.208. The first-order chi connectivity index (χ1) is 11.8. The monoisotopic (exact) mass is 367 g/mol. The van der Waals surface area contributed by atoms with E-state index in [-0.39, 0.29) is 24.8 Å². The molecule has 0 spiro atoms. The molecular weight excluding hydrogens is 346 g/mol. The number of anilines is 1. The van der Waals surface area contributed by atoms with Gasteiger partial charge in [0.05, 0.1) is 25.0 Å². The summed E-state index contributed by atoms with van der Waals surface area (Å²) in [7, 11) is -3.25. The normalized spacial score (nSPS) is 19.2. The largest absolute Gasteiger partial charge is 0.491 e. The minimum absolute atomic E-state index is 0.151. The van der Waals surface area contributed by atoms with Gasteiger partial charge in [0.2, 0.25) is 15.9 Å². The Morgan fingerprint density at radius 3 is 2.76 bits per heavy atom. The second-order valence-electron chi connectivity index (χ2n) is 6.17. The number of fused-ring (bicyclic) bond motifs is 1. The third-order valence-corrected chi connectivity index (χ3v) is 5.60. The maximum Gasteiger partial charge on any atom is 0.253 e. The van der Waals surface area contributed by atoms with Crippen molar-refractivity contribution in [2.45, 2.75) is 12.8 Å². The molecule has 0 unspecified atom stereocenters. The van der Waals surface area contributed by atoms with Gasteiger partial charge >= 0.3 is 0 Å². The van der Waals surface area contributed by atoms with E-state index >= 15 is 0 Å². The third-order valence-electron chi connectivity index (χ3n) is 4.30.